The van der Waals surface area contributed by atoms with Gasteiger partial charge in [-0.2, -0.15) is 0 Å². The zero-order valence-corrected chi connectivity index (χ0v) is 37.4. The van der Waals surface area contributed by atoms with Gasteiger partial charge in [0.2, 0.25) is 0 Å². The molecule has 4 aliphatic rings. The second-order valence-electron chi connectivity index (χ2n) is 19.9. The van der Waals surface area contributed by atoms with Crippen molar-refractivity contribution in [2.24, 2.45) is 46.3 Å². The summed E-state index contributed by atoms with van der Waals surface area (Å²) in [7, 11) is 0. The highest BCUT2D eigenvalue weighted by Gasteiger charge is 2.59. The minimum atomic E-state index is -0.358. The molecule has 0 aromatic carbocycles. The molecule has 0 saturated heterocycles. The molecule has 7 nitrogen and oxygen atoms in total. The highest BCUT2D eigenvalue weighted by atomic mass is 16.6. The quantitative estimate of drug-likeness (QED) is 0.0534. The number of esters is 1. The van der Waals surface area contributed by atoms with Crippen molar-refractivity contribution in [3.8, 4) is 0 Å². The smallest absolute Gasteiger partial charge is 0.407 e. The number of fused-ring (bicyclic) bond motifs is 5. The van der Waals surface area contributed by atoms with Gasteiger partial charge in [0.25, 0.3) is 0 Å². The predicted octanol–water partition coefficient (Wildman–Crippen LogP) is 12.3. The fraction of sp³-hybridized carbons (Fsp3) is 0.898. The van der Waals surface area contributed by atoms with Crippen molar-refractivity contribution in [2.75, 3.05) is 32.8 Å². The molecule has 322 valence electrons. The molecule has 1 unspecified atom stereocenters. The summed E-state index contributed by atoms with van der Waals surface area (Å²) >= 11 is 0. The largest absolute Gasteiger partial charge is 0.466 e. The maximum Gasteiger partial charge on any atom is 0.407 e. The van der Waals surface area contributed by atoms with E-state index < -0.39 is 0 Å². The second-order valence-corrected chi connectivity index (χ2v) is 19.9. The Morgan fingerprint density at radius 3 is 2.21 bits per heavy atom. The van der Waals surface area contributed by atoms with Gasteiger partial charge in [-0.1, -0.05) is 130 Å². The Hall–Kier alpha value is -1.89. The Morgan fingerprint density at radius 2 is 1.52 bits per heavy atom. The van der Waals surface area contributed by atoms with E-state index in [1.807, 2.05) is 0 Å². The average molecular weight is 783 g/mol. The lowest BCUT2D eigenvalue weighted by molar-refractivity contribution is -0.144. The van der Waals surface area contributed by atoms with Crippen molar-refractivity contribution in [2.45, 2.75) is 202 Å². The Balaban J connectivity index is 1.15. The van der Waals surface area contributed by atoms with E-state index in [1.165, 1.54) is 103 Å². The van der Waals surface area contributed by atoms with Crippen LogP contribution in [0.1, 0.15) is 196 Å². The second kappa shape index (κ2) is 23.6. The molecule has 3 saturated carbocycles. The highest BCUT2D eigenvalue weighted by Crippen LogP contribution is 2.67. The molecule has 0 radical (unpaired) electrons. The number of hydrogen-bond acceptors (Lipinski definition) is 6. The van der Waals surface area contributed by atoms with Crippen molar-refractivity contribution in [1.82, 2.24) is 10.2 Å². The van der Waals surface area contributed by atoms with Crippen LogP contribution in [-0.4, -0.2) is 61.6 Å². The lowest BCUT2D eigenvalue weighted by Crippen LogP contribution is -2.51. The van der Waals surface area contributed by atoms with Crippen molar-refractivity contribution < 1.29 is 23.9 Å². The van der Waals surface area contributed by atoms with Gasteiger partial charge in [-0.05, 0) is 105 Å². The molecule has 4 aliphatic carbocycles. The van der Waals surface area contributed by atoms with Gasteiger partial charge in [-0.3, -0.25) is 9.59 Å². The van der Waals surface area contributed by atoms with Gasteiger partial charge in [-0.25, -0.2) is 4.79 Å². The molecule has 0 spiro atoms. The van der Waals surface area contributed by atoms with Gasteiger partial charge in [0.15, 0.2) is 0 Å². The monoisotopic (exact) mass is 783 g/mol. The molecule has 1 amide bonds. The first kappa shape index (κ1) is 46.8. The number of allylic oxidation sites excluding steroid dienone is 1. The number of alkyl carbamates (subject to hydrolysis) is 1. The molecular formula is C49H86N2O5. The third-order valence-electron chi connectivity index (χ3n) is 15.4. The molecular weight excluding hydrogens is 697 g/mol. The number of carbonyl (C=O) groups excluding carboxylic acids is 3. The van der Waals surface area contributed by atoms with E-state index in [1.54, 1.807) is 12.5 Å². The summed E-state index contributed by atoms with van der Waals surface area (Å²) in [5, 5.41) is 2.97. The zero-order valence-electron chi connectivity index (χ0n) is 37.4. The molecule has 56 heavy (non-hydrogen) atoms. The van der Waals surface area contributed by atoms with Crippen molar-refractivity contribution in [3.05, 3.63) is 11.6 Å². The van der Waals surface area contributed by atoms with Gasteiger partial charge in [0, 0.05) is 39.0 Å². The fourth-order valence-electron chi connectivity index (χ4n) is 12.0. The first-order chi connectivity index (χ1) is 26.9. The summed E-state index contributed by atoms with van der Waals surface area (Å²) in [5.41, 5.74) is 2.27. The van der Waals surface area contributed by atoms with Crippen LogP contribution in [0.3, 0.4) is 0 Å². The standard InChI is InChI=1S/C49H86N2O5/c1-8-9-10-11-12-13-14-15-16-17-35-55-46(53)28-33-51(32-27-39(5)52)34-31-50-47(54)56-41-25-29-48(6)40(36-41)21-22-42-44-24-23-43(38(4)20-18-19-37(2)3)49(44,7)30-26-45(42)48/h21,37-38,41-45H,8-20,22-36H2,1-7H3,(H,50,54)/t38-,41+,42?,43-,44+,45+,48+,49-/m1/s1. The van der Waals surface area contributed by atoms with E-state index >= 15 is 0 Å². The van der Waals surface area contributed by atoms with Crippen LogP contribution in [0, 0.1) is 46.3 Å². The number of hydrogen-bond donors (Lipinski definition) is 1. The number of rotatable bonds is 26. The molecule has 4 rings (SSSR count). The van der Waals surface area contributed by atoms with Crippen LogP contribution in [0.5, 0.6) is 0 Å². The van der Waals surface area contributed by atoms with Crippen LogP contribution < -0.4 is 5.32 Å². The normalized spacial score (nSPS) is 28.9. The van der Waals surface area contributed by atoms with E-state index in [9.17, 15) is 14.4 Å². The van der Waals surface area contributed by atoms with Gasteiger partial charge < -0.3 is 19.7 Å². The van der Waals surface area contributed by atoms with E-state index in [0.29, 0.717) is 44.6 Å². The minimum absolute atomic E-state index is 0.0820. The molecule has 1 N–H and O–H groups in total. The first-order valence-electron chi connectivity index (χ1n) is 23.9. The summed E-state index contributed by atoms with van der Waals surface area (Å²) in [4.78, 5) is 39.3. The zero-order chi connectivity index (χ0) is 40.6. The molecule has 0 aliphatic heterocycles. The van der Waals surface area contributed by atoms with Crippen LogP contribution in [0.15, 0.2) is 11.6 Å². The van der Waals surface area contributed by atoms with Crippen LogP contribution in [0.4, 0.5) is 4.79 Å². The van der Waals surface area contributed by atoms with Gasteiger partial charge in [0.05, 0.1) is 13.0 Å². The summed E-state index contributed by atoms with van der Waals surface area (Å²) in [6.45, 7) is 18.9. The number of carbonyl (C=O) groups is 3. The number of unbranched alkanes of at least 4 members (excludes halogenated alkanes) is 9. The maximum atomic E-state index is 13.0. The summed E-state index contributed by atoms with van der Waals surface area (Å²) in [6, 6.07) is 0. The first-order valence-corrected chi connectivity index (χ1v) is 23.9. The number of ketones is 1. The van der Waals surface area contributed by atoms with Crippen LogP contribution >= 0.6 is 0 Å². The molecule has 0 bridgehead atoms. The van der Waals surface area contributed by atoms with E-state index in [-0.39, 0.29) is 35.8 Å². The molecule has 3 fully saturated rings. The van der Waals surface area contributed by atoms with Crippen LogP contribution in [0.2, 0.25) is 0 Å². The molecule has 0 aromatic rings. The highest BCUT2D eigenvalue weighted by molar-refractivity contribution is 5.75. The van der Waals surface area contributed by atoms with E-state index in [2.05, 4.69) is 57.8 Å². The van der Waals surface area contributed by atoms with Gasteiger partial charge in [-0.15, -0.1) is 0 Å². The van der Waals surface area contributed by atoms with E-state index in [0.717, 1.165) is 67.6 Å². The number of nitrogens with one attached hydrogen (secondary N) is 1. The Morgan fingerprint density at radius 1 is 0.821 bits per heavy atom. The summed E-state index contributed by atoms with van der Waals surface area (Å²) < 4.78 is 11.6. The number of nitrogens with zero attached hydrogens (tertiary/aromatic N) is 1. The average Bonchev–Trinajstić information content (AvgIpc) is 3.52. The Bertz CT molecular complexity index is 1230. The van der Waals surface area contributed by atoms with Gasteiger partial charge in [0.1, 0.15) is 11.9 Å². The van der Waals surface area contributed by atoms with Gasteiger partial charge >= 0.3 is 12.1 Å². The molecule has 0 aromatic heterocycles. The lowest BCUT2D eigenvalue weighted by Gasteiger charge is -2.58. The topological polar surface area (TPSA) is 84.9 Å². The summed E-state index contributed by atoms with van der Waals surface area (Å²) in [6.07, 6.45) is 29.1. The molecule has 8 atom stereocenters. The van der Waals surface area contributed by atoms with Crippen molar-refractivity contribution in [1.29, 1.82) is 0 Å². The fourth-order valence-corrected chi connectivity index (χ4v) is 12.0. The van der Waals surface area contributed by atoms with Crippen molar-refractivity contribution in [3.63, 3.8) is 0 Å². The third kappa shape index (κ3) is 13.9. The van der Waals surface area contributed by atoms with Crippen molar-refractivity contribution >= 4 is 17.8 Å². The van der Waals surface area contributed by atoms with Crippen LogP contribution in [-0.2, 0) is 19.1 Å². The number of ether oxygens (including phenoxy) is 2. The lowest BCUT2D eigenvalue weighted by atomic mass is 9.47. The SMILES string of the molecule is CCCCCCCCCCCCOC(=O)CCN(CCNC(=O)O[C@H]1CC[C@@]2(C)C(=CCC3[C@@H]4CC[C@H]([C@H](C)CCCC(C)C)[C@@]4(C)CC[C@@H]32)C1)CCC(C)=O. The predicted molar refractivity (Wildman–Crippen MR) is 230 cm³/mol. The number of Topliss-reactive ketones (excluding diaryl/α,β-unsaturated/α-hetero) is 1. The summed E-state index contributed by atoms with van der Waals surface area (Å²) in [5.74, 6) is 4.85. The molecule has 7 heteroatoms. The van der Waals surface area contributed by atoms with E-state index in [4.69, 9.17) is 9.47 Å². The Kier molecular flexibility index (Phi) is 19.8. The van der Waals surface area contributed by atoms with Crippen LogP contribution in [0.25, 0.3) is 0 Å². The third-order valence-corrected chi connectivity index (χ3v) is 15.4. The minimum Gasteiger partial charge on any atom is -0.466 e. The Labute approximate surface area is 344 Å². The maximum absolute atomic E-state index is 13.0. The molecule has 0 heterocycles. The number of amides is 1.